The van der Waals surface area contributed by atoms with E-state index in [1.54, 1.807) is 13.2 Å². The standard InChI is InChI=1S/C18H13F3N6O/c1-26-9-8-22-16(26)17(28)24-15-10-23-14-7-6-13(25-27(14)15)11-4-2-3-5-12(11)18(19,20)21/h2-10H,1H3,(H,24,28). The number of anilines is 1. The molecule has 4 rings (SSSR count). The lowest BCUT2D eigenvalue weighted by molar-refractivity contribution is -0.137. The van der Waals surface area contributed by atoms with Crippen LogP contribution in [0.25, 0.3) is 16.9 Å². The zero-order chi connectivity index (χ0) is 19.9. The fraction of sp³-hybridized carbons (Fsp3) is 0.111. The summed E-state index contributed by atoms with van der Waals surface area (Å²) in [6.45, 7) is 0. The Morgan fingerprint density at radius 1 is 1.11 bits per heavy atom. The van der Waals surface area contributed by atoms with Crippen molar-refractivity contribution < 1.29 is 18.0 Å². The van der Waals surface area contributed by atoms with Gasteiger partial charge in [-0.3, -0.25) is 4.79 Å². The second-order valence-electron chi connectivity index (χ2n) is 5.99. The zero-order valence-electron chi connectivity index (χ0n) is 14.5. The molecule has 3 heterocycles. The minimum absolute atomic E-state index is 0.0630. The summed E-state index contributed by atoms with van der Waals surface area (Å²) in [4.78, 5) is 20.4. The highest BCUT2D eigenvalue weighted by Gasteiger charge is 2.33. The first-order chi connectivity index (χ1) is 13.3. The second kappa shape index (κ2) is 6.48. The molecule has 0 spiro atoms. The summed E-state index contributed by atoms with van der Waals surface area (Å²) in [7, 11) is 1.67. The molecule has 0 saturated heterocycles. The maximum atomic E-state index is 13.3. The van der Waals surface area contributed by atoms with Gasteiger partial charge in [-0.05, 0) is 18.2 Å². The van der Waals surface area contributed by atoms with Gasteiger partial charge in [-0.15, -0.1) is 0 Å². The van der Waals surface area contributed by atoms with Crippen molar-refractivity contribution in [2.24, 2.45) is 7.05 Å². The van der Waals surface area contributed by atoms with Gasteiger partial charge in [-0.1, -0.05) is 18.2 Å². The van der Waals surface area contributed by atoms with Gasteiger partial charge in [0.25, 0.3) is 5.91 Å². The van der Waals surface area contributed by atoms with Crippen LogP contribution >= 0.6 is 0 Å². The number of fused-ring (bicyclic) bond motifs is 1. The van der Waals surface area contributed by atoms with Gasteiger partial charge in [-0.25, -0.2) is 9.97 Å². The van der Waals surface area contributed by atoms with E-state index in [9.17, 15) is 18.0 Å². The summed E-state index contributed by atoms with van der Waals surface area (Å²) in [5, 5.41) is 6.87. The second-order valence-corrected chi connectivity index (χ2v) is 5.99. The van der Waals surface area contributed by atoms with E-state index in [0.717, 1.165) is 6.07 Å². The summed E-state index contributed by atoms with van der Waals surface area (Å²) in [6.07, 6.45) is -0.0400. The van der Waals surface area contributed by atoms with Crippen LogP contribution in [-0.4, -0.2) is 30.1 Å². The number of aromatic nitrogens is 5. The maximum absolute atomic E-state index is 13.3. The molecule has 0 unspecified atom stereocenters. The van der Waals surface area contributed by atoms with Crippen molar-refractivity contribution in [3.8, 4) is 11.3 Å². The molecule has 1 N–H and O–H groups in total. The van der Waals surface area contributed by atoms with Gasteiger partial charge >= 0.3 is 6.18 Å². The molecule has 0 atom stereocenters. The van der Waals surface area contributed by atoms with E-state index in [1.165, 1.54) is 51.8 Å². The lowest BCUT2D eigenvalue weighted by Crippen LogP contribution is -2.18. The minimum atomic E-state index is -4.52. The van der Waals surface area contributed by atoms with Crippen LogP contribution in [0.1, 0.15) is 16.2 Å². The van der Waals surface area contributed by atoms with Gasteiger partial charge < -0.3 is 9.88 Å². The van der Waals surface area contributed by atoms with Gasteiger partial charge in [0.2, 0.25) is 0 Å². The monoisotopic (exact) mass is 386 g/mol. The van der Waals surface area contributed by atoms with Crippen LogP contribution in [0.15, 0.2) is 55.0 Å². The molecule has 142 valence electrons. The van der Waals surface area contributed by atoms with Gasteiger partial charge in [0.15, 0.2) is 17.3 Å². The first-order valence-electron chi connectivity index (χ1n) is 8.14. The number of carbonyl (C=O) groups is 1. The quantitative estimate of drug-likeness (QED) is 0.586. The summed E-state index contributed by atoms with van der Waals surface area (Å²) < 4.78 is 42.8. The lowest BCUT2D eigenvalue weighted by atomic mass is 10.0. The summed E-state index contributed by atoms with van der Waals surface area (Å²) in [6, 6.07) is 8.16. The molecule has 0 aliphatic heterocycles. The summed E-state index contributed by atoms with van der Waals surface area (Å²) >= 11 is 0. The average molecular weight is 386 g/mol. The third-order valence-corrected chi connectivity index (χ3v) is 4.14. The van der Waals surface area contributed by atoms with Crippen LogP contribution in [0, 0.1) is 0 Å². The third-order valence-electron chi connectivity index (χ3n) is 4.14. The first-order valence-corrected chi connectivity index (χ1v) is 8.14. The number of imidazole rings is 2. The lowest BCUT2D eigenvalue weighted by Gasteiger charge is -2.12. The minimum Gasteiger partial charge on any atom is -0.330 e. The van der Waals surface area contributed by atoms with E-state index in [0.29, 0.717) is 5.65 Å². The Morgan fingerprint density at radius 2 is 1.89 bits per heavy atom. The summed E-state index contributed by atoms with van der Waals surface area (Å²) in [5.41, 5.74) is -0.373. The Labute approximate surface area is 156 Å². The molecule has 28 heavy (non-hydrogen) atoms. The van der Waals surface area contributed by atoms with Gasteiger partial charge in [0.1, 0.15) is 0 Å². The molecule has 7 nitrogen and oxygen atoms in total. The Morgan fingerprint density at radius 3 is 2.61 bits per heavy atom. The summed E-state index contributed by atoms with van der Waals surface area (Å²) in [5.74, 6) is -0.0972. The number of rotatable bonds is 3. The number of hydrogen-bond donors (Lipinski definition) is 1. The molecule has 10 heteroatoms. The fourth-order valence-corrected chi connectivity index (χ4v) is 2.81. The Balaban J connectivity index is 1.76. The predicted octanol–water partition coefficient (Wildman–Crippen LogP) is 3.40. The van der Waals surface area contributed by atoms with Crippen molar-refractivity contribution in [3.05, 3.63) is 66.4 Å². The zero-order valence-corrected chi connectivity index (χ0v) is 14.5. The number of amides is 1. The number of aryl methyl sites for hydroxylation is 1. The van der Waals surface area contributed by atoms with Gasteiger partial charge in [0.05, 0.1) is 17.5 Å². The molecule has 0 aliphatic rings. The largest absolute Gasteiger partial charge is 0.417 e. The normalized spacial score (nSPS) is 11.7. The average Bonchev–Trinajstić information content (AvgIpc) is 3.27. The topological polar surface area (TPSA) is 77.1 Å². The molecule has 0 radical (unpaired) electrons. The Hall–Kier alpha value is -3.69. The van der Waals surface area contributed by atoms with Crippen molar-refractivity contribution in [1.29, 1.82) is 0 Å². The molecular weight excluding hydrogens is 373 g/mol. The van der Waals surface area contributed by atoms with E-state index < -0.39 is 17.6 Å². The first kappa shape index (κ1) is 17.7. The Kier molecular flexibility index (Phi) is 4.10. The SMILES string of the molecule is Cn1ccnc1C(=O)Nc1cnc2ccc(-c3ccccc3C(F)(F)F)nn12. The van der Waals surface area contributed by atoms with Crippen molar-refractivity contribution in [2.45, 2.75) is 6.18 Å². The third kappa shape index (κ3) is 3.08. The van der Waals surface area contributed by atoms with Crippen LogP contribution in [0.4, 0.5) is 19.0 Å². The van der Waals surface area contributed by atoms with Gasteiger partial charge in [0, 0.05) is 25.0 Å². The van der Waals surface area contributed by atoms with E-state index >= 15 is 0 Å². The van der Waals surface area contributed by atoms with Crippen molar-refractivity contribution in [3.63, 3.8) is 0 Å². The van der Waals surface area contributed by atoms with Crippen molar-refractivity contribution in [1.82, 2.24) is 24.1 Å². The van der Waals surface area contributed by atoms with E-state index in [1.807, 2.05) is 0 Å². The highest BCUT2D eigenvalue weighted by molar-refractivity contribution is 6.01. The number of nitrogens with zero attached hydrogens (tertiary/aromatic N) is 5. The maximum Gasteiger partial charge on any atom is 0.417 e. The van der Waals surface area contributed by atoms with E-state index in [2.05, 4.69) is 20.4 Å². The van der Waals surface area contributed by atoms with Crippen LogP contribution < -0.4 is 5.32 Å². The molecule has 1 aromatic carbocycles. The van der Waals surface area contributed by atoms with Gasteiger partial charge in [-0.2, -0.15) is 22.8 Å². The molecule has 0 aliphatic carbocycles. The van der Waals surface area contributed by atoms with E-state index in [4.69, 9.17) is 0 Å². The number of nitrogens with one attached hydrogen (secondary N) is 1. The molecule has 0 saturated carbocycles. The fourth-order valence-electron chi connectivity index (χ4n) is 2.81. The Bertz CT molecular complexity index is 1180. The van der Waals surface area contributed by atoms with Crippen LogP contribution in [0.2, 0.25) is 0 Å². The molecule has 4 aromatic rings. The highest BCUT2D eigenvalue weighted by Crippen LogP contribution is 2.36. The number of alkyl halides is 3. The highest BCUT2D eigenvalue weighted by atomic mass is 19.4. The number of hydrogen-bond acceptors (Lipinski definition) is 4. The number of carbonyl (C=O) groups excluding carboxylic acids is 1. The molecule has 0 fully saturated rings. The number of benzene rings is 1. The molecule has 0 bridgehead atoms. The van der Waals surface area contributed by atoms with Crippen LogP contribution in [0.3, 0.4) is 0 Å². The smallest absolute Gasteiger partial charge is 0.330 e. The van der Waals surface area contributed by atoms with Crippen molar-refractivity contribution >= 4 is 17.4 Å². The van der Waals surface area contributed by atoms with Crippen LogP contribution in [-0.2, 0) is 13.2 Å². The molecule has 1 amide bonds. The van der Waals surface area contributed by atoms with E-state index in [-0.39, 0.29) is 22.9 Å². The van der Waals surface area contributed by atoms with Crippen molar-refractivity contribution in [2.75, 3.05) is 5.32 Å². The van der Waals surface area contributed by atoms with Crippen LogP contribution in [0.5, 0.6) is 0 Å². The predicted molar refractivity (Wildman–Crippen MR) is 94.6 cm³/mol. The molecular formula is C18H13F3N6O. The molecule has 3 aromatic heterocycles. The number of halogens is 3.